The molecule has 1 fully saturated rings. The van der Waals surface area contributed by atoms with Crippen molar-refractivity contribution < 1.29 is 22.7 Å². The summed E-state index contributed by atoms with van der Waals surface area (Å²) in [6, 6.07) is 4.01. The predicted octanol–water partition coefficient (Wildman–Crippen LogP) is 2.07. The van der Waals surface area contributed by atoms with Crippen LogP contribution in [0.15, 0.2) is 17.0 Å². The van der Waals surface area contributed by atoms with Gasteiger partial charge < -0.3 is 24.2 Å². The average Bonchev–Trinajstić information content (AvgIpc) is 3.27. The number of sulfonamides is 1. The van der Waals surface area contributed by atoms with Gasteiger partial charge in [0, 0.05) is 46.3 Å². The summed E-state index contributed by atoms with van der Waals surface area (Å²) in [7, 11) is 7.59. The van der Waals surface area contributed by atoms with Crippen LogP contribution >= 0.6 is 0 Å². The Kier molecular flexibility index (Phi) is 11.6. The van der Waals surface area contributed by atoms with Crippen molar-refractivity contribution in [1.29, 1.82) is 0 Å². The molecule has 2 atom stereocenters. The number of ether oxygens (including phenoxy) is 2. The summed E-state index contributed by atoms with van der Waals surface area (Å²) in [6.45, 7) is 6.59. The second kappa shape index (κ2) is 13.7. The Labute approximate surface area is 218 Å². The quantitative estimate of drug-likeness (QED) is 0.343. The lowest BCUT2D eigenvalue weighted by molar-refractivity contribution is -0.135. The van der Waals surface area contributed by atoms with Crippen LogP contribution in [0.3, 0.4) is 0 Å². The minimum absolute atomic E-state index is 0.0517. The average molecular weight is 527 g/mol. The van der Waals surface area contributed by atoms with Crippen LogP contribution in [-0.4, -0.2) is 121 Å². The van der Waals surface area contributed by atoms with Crippen LogP contribution in [0.25, 0.3) is 0 Å². The lowest BCUT2D eigenvalue weighted by atomic mass is 10.1. The number of carbonyl (C=O) groups is 1. The number of hydrogen-bond acceptors (Lipinski definition) is 7. The molecule has 0 aliphatic heterocycles. The first kappa shape index (κ1) is 30.5. The highest BCUT2D eigenvalue weighted by Gasteiger charge is 2.29. The number of hydrogen-bond donors (Lipinski definition) is 0. The Bertz CT molecular complexity index is 946. The molecule has 0 spiro atoms. The predicted molar refractivity (Wildman–Crippen MR) is 143 cm³/mol. The number of likely N-dealkylation sites (N-methyl/N-ethyl adjacent to an activating group) is 4. The van der Waals surface area contributed by atoms with Crippen LogP contribution < -0.4 is 4.74 Å². The first-order valence-electron chi connectivity index (χ1n) is 12.6. The maximum absolute atomic E-state index is 13.1. The molecule has 1 amide bonds. The summed E-state index contributed by atoms with van der Waals surface area (Å²) in [5, 5.41) is 0. The third kappa shape index (κ3) is 8.41. The lowest BCUT2D eigenvalue weighted by Gasteiger charge is -2.26. The molecule has 0 heterocycles. The number of nitrogens with zero attached hydrogens (tertiary/aromatic N) is 4. The van der Waals surface area contributed by atoms with Gasteiger partial charge in [0.2, 0.25) is 15.9 Å². The lowest BCUT2D eigenvalue weighted by Crippen LogP contribution is -2.37. The summed E-state index contributed by atoms with van der Waals surface area (Å²) >= 11 is 0. The minimum Gasteiger partial charge on any atom is -0.497 e. The first-order valence-corrected chi connectivity index (χ1v) is 14.1. The molecule has 206 valence electrons. The molecular formula is C26H46N4O5S. The molecule has 0 bridgehead atoms. The second-order valence-electron chi connectivity index (χ2n) is 10.4. The highest BCUT2D eigenvalue weighted by molar-refractivity contribution is 7.89. The smallest absolute Gasteiger partial charge is 0.248 e. The Hall–Kier alpha value is -1.72. The summed E-state index contributed by atoms with van der Waals surface area (Å²) < 4.78 is 38.3. The van der Waals surface area contributed by atoms with Crippen LogP contribution in [0.4, 0.5) is 0 Å². The Morgan fingerprint density at radius 3 is 2.22 bits per heavy atom. The van der Waals surface area contributed by atoms with Gasteiger partial charge in [-0.2, -0.15) is 4.31 Å². The third-order valence-corrected chi connectivity index (χ3v) is 9.27. The molecule has 1 aliphatic rings. The summed E-state index contributed by atoms with van der Waals surface area (Å²) in [5.74, 6) is 1.05. The van der Waals surface area contributed by atoms with Gasteiger partial charge in [-0.25, -0.2) is 8.42 Å². The molecule has 1 aromatic carbocycles. The van der Waals surface area contributed by atoms with Gasteiger partial charge in [0.15, 0.2) is 0 Å². The number of aryl methyl sites for hydroxylation is 2. The number of amides is 1. The summed E-state index contributed by atoms with van der Waals surface area (Å²) in [6.07, 6.45) is 3.40. The highest BCUT2D eigenvalue weighted by Crippen LogP contribution is 2.29. The van der Waals surface area contributed by atoms with Gasteiger partial charge in [0.25, 0.3) is 0 Å². The first-order chi connectivity index (χ1) is 16.9. The normalized spacial score (nSPS) is 18.4. The van der Waals surface area contributed by atoms with E-state index in [-0.39, 0.29) is 30.6 Å². The molecular weight excluding hydrogens is 480 g/mol. The molecule has 1 aliphatic carbocycles. The molecule has 0 aromatic heterocycles. The van der Waals surface area contributed by atoms with Crippen LogP contribution in [0.2, 0.25) is 0 Å². The van der Waals surface area contributed by atoms with Crippen LogP contribution in [0.5, 0.6) is 5.75 Å². The van der Waals surface area contributed by atoms with Crippen LogP contribution in [0, 0.1) is 19.8 Å². The molecule has 2 rings (SSSR count). The van der Waals surface area contributed by atoms with Gasteiger partial charge >= 0.3 is 0 Å². The zero-order chi connectivity index (χ0) is 27.0. The van der Waals surface area contributed by atoms with Gasteiger partial charge in [0.1, 0.15) is 12.4 Å². The number of carbonyl (C=O) groups excluding carboxylic acids is 1. The van der Waals surface area contributed by atoms with Crippen molar-refractivity contribution >= 4 is 15.9 Å². The maximum atomic E-state index is 13.1. The van der Waals surface area contributed by atoms with Gasteiger partial charge in [-0.15, -0.1) is 0 Å². The SMILES string of the molecule is COc1cc(C)c(S(=O)(=O)N(C)CCOCC(=O)N(C)C[C@H]2CC[C@@H](N(C)CCN(C)C)C2)c(C)c1. The molecule has 0 saturated heterocycles. The molecule has 9 nitrogen and oxygen atoms in total. The fourth-order valence-corrected chi connectivity index (χ4v) is 6.38. The minimum atomic E-state index is -3.68. The second-order valence-corrected chi connectivity index (χ2v) is 12.3. The van der Waals surface area contributed by atoms with E-state index < -0.39 is 10.0 Å². The van der Waals surface area contributed by atoms with Crippen molar-refractivity contribution in [3.8, 4) is 5.75 Å². The van der Waals surface area contributed by atoms with E-state index in [0.717, 1.165) is 32.5 Å². The molecule has 10 heteroatoms. The van der Waals surface area contributed by atoms with E-state index >= 15 is 0 Å². The van der Waals surface area contributed by atoms with Gasteiger partial charge in [-0.05, 0) is 83.4 Å². The molecule has 36 heavy (non-hydrogen) atoms. The van der Waals surface area contributed by atoms with E-state index in [4.69, 9.17) is 9.47 Å². The molecule has 0 N–H and O–H groups in total. The van der Waals surface area contributed by atoms with Gasteiger partial charge in [-0.3, -0.25) is 4.79 Å². The van der Waals surface area contributed by atoms with Crippen molar-refractivity contribution in [3.63, 3.8) is 0 Å². The maximum Gasteiger partial charge on any atom is 0.248 e. The highest BCUT2D eigenvalue weighted by atomic mass is 32.2. The number of benzene rings is 1. The van der Waals surface area contributed by atoms with E-state index in [2.05, 4.69) is 30.9 Å². The standard InChI is InChI=1S/C26H46N4O5S/c1-20-15-24(34-8)16-21(2)26(20)36(32,33)30(7)13-14-35-19-25(31)29(6)18-22-9-10-23(17-22)28(5)12-11-27(3)4/h15-16,22-23H,9-14,17-19H2,1-8H3/t22-,23+/m0/s1. The summed E-state index contributed by atoms with van der Waals surface area (Å²) in [5.41, 5.74) is 1.27. The Morgan fingerprint density at radius 1 is 1.00 bits per heavy atom. The number of methoxy groups -OCH3 is 1. The molecule has 1 aromatic rings. The fraction of sp³-hybridized carbons (Fsp3) is 0.731. The van der Waals surface area contributed by atoms with Crippen molar-refractivity contribution in [2.45, 2.75) is 44.0 Å². The molecule has 0 unspecified atom stereocenters. The number of rotatable bonds is 14. The topological polar surface area (TPSA) is 82.6 Å². The Morgan fingerprint density at radius 2 is 1.64 bits per heavy atom. The fourth-order valence-electron chi connectivity index (χ4n) is 4.82. The van der Waals surface area contributed by atoms with E-state index in [1.165, 1.54) is 17.8 Å². The monoisotopic (exact) mass is 526 g/mol. The van der Waals surface area contributed by atoms with Crippen LogP contribution in [-0.2, 0) is 19.6 Å². The largest absolute Gasteiger partial charge is 0.497 e. The van der Waals surface area contributed by atoms with Gasteiger partial charge in [0.05, 0.1) is 18.6 Å². The summed E-state index contributed by atoms with van der Waals surface area (Å²) in [4.78, 5) is 19.2. The zero-order valence-electron chi connectivity index (χ0n) is 23.4. The van der Waals surface area contributed by atoms with E-state index in [1.54, 1.807) is 38.0 Å². The van der Waals surface area contributed by atoms with Gasteiger partial charge in [-0.1, -0.05) is 0 Å². The van der Waals surface area contributed by atoms with Crippen molar-refractivity contribution in [3.05, 3.63) is 23.3 Å². The Balaban J connectivity index is 1.76. The van der Waals surface area contributed by atoms with Crippen molar-refractivity contribution in [2.24, 2.45) is 5.92 Å². The van der Waals surface area contributed by atoms with Crippen LogP contribution in [0.1, 0.15) is 30.4 Å². The third-order valence-electron chi connectivity index (χ3n) is 7.11. The molecule has 1 saturated carbocycles. The molecule has 0 radical (unpaired) electrons. The zero-order valence-corrected chi connectivity index (χ0v) is 24.2. The van der Waals surface area contributed by atoms with E-state index in [0.29, 0.717) is 28.8 Å². The van der Waals surface area contributed by atoms with E-state index in [1.807, 2.05) is 7.05 Å². The van der Waals surface area contributed by atoms with Crippen molar-refractivity contribution in [1.82, 2.24) is 19.0 Å². The van der Waals surface area contributed by atoms with E-state index in [9.17, 15) is 13.2 Å². The van der Waals surface area contributed by atoms with Crippen molar-refractivity contribution in [2.75, 3.05) is 81.7 Å².